The largest absolute Gasteiger partial charge is 0.464 e. The van der Waals surface area contributed by atoms with E-state index in [9.17, 15) is 4.39 Å². The number of anilines is 1. The number of nitrogens with one attached hydrogen (secondary N) is 1. The van der Waals surface area contributed by atoms with E-state index in [1.165, 1.54) is 6.07 Å². The van der Waals surface area contributed by atoms with Gasteiger partial charge in [0, 0.05) is 19.3 Å². The predicted octanol–water partition coefficient (Wildman–Crippen LogP) is 3.47. The Hall–Kier alpha value is -1.81. The third kappa shape index (κ3) is 3.61. The van der Waals surface area contributed by atoms with Crippen LogP contribution in [-0.4, -0.2) is 13.6 Å². The van der Waals surface area contributed by atoms with Crippen molar-refractivity contribution in [3.63, 3.8) is 0 Å². The zero-order valence-electron chi connectivity index (χ0n) is 12.2. The van der Waals surface area contributed by atoms with E-state index in [4.69, 9.17) is 4.42 Å². The van der Waals surface area contributed by atoms with E-state index >= 15 is 0 Å². The second-order valence-electron chi connectivity index (χ2n) is 4.92. The molecule has 0 aliphatic carbocycles. The van der Waals surface area contributed by atoms with Gasteiger partial charge in [-0.05, 0) is 49.4 Å². The Morgan fingerprint density at radius 2 is 2.05 bits per heavy atom. The maximum atomic E-state index is 13.4. The smallest absolute Gasteiger partial charge is 0.123 e. The Bertz CT molecular complexity index is 565. The Balaban J connectivity index is 2.17. The lowest BCUT2D eigenvalue weighted by Crippen LogP contribution is -2.20. The van der Waals surface area contributed by atoms with Gasteiger partial charge in [-0.1, -0.05) is 6.92 Å². The quantitative estimate of drug-likeness (QED) is 0.875. The van der Waals surface area contributed by atoms with Crippen molar-refractivity contribution in [2.45, 2.75) is 26.9 Å². The summed E-state index contributed by atoms with van der Waals surface area (Å²) in [4.78, 5) is 2.07. The molecule has 0 spiro atoms. The normalized spacial score (nSPS) is 10.8. The second kappa shape index (κ2) is 6.57. The predicted molar refractivity (Wildman–Crippen MR) is 79.3 cm³/mol. The van der Waals surface area contributed by atoms with Crippen LogP contribution in [0.25, 0.3) is 0 Å². The third-order valence-corrected chi connectivity index (χ3v) is 3.21. The molecule has 1 N–H and O–H groups in total. The summed E-state index contributed by atoms with van der Waals surface area (Å²) in [5.74, 6) is 1.60. The molecule has 20 heavy (non-hydrogen) atoms. The van der Waals surface area contributed by atoms with Crippen LogP contribution in [0.1, 0.15) is 24.0 Å². The van der Waals surface area contributed by atoms with E-state index in [1.807, 2.05) is 39.1 Å². The lowest BCUT2D eigenvalue weighted by molar-refractivity contribution is 0.481. The van der Waals surface area contributed by atoms with Crippen molar-refractivity contribution in [2.75, 3.05) is 18.5 Å². The van der Waals surface area contributed by atoms with Crippen LogP contribution in [0.5, 0.6) is 0 Å². The molecule has 2 aromatic rings. The van der Waals surface area contributed by atoms with Gasteiger partial charge in [-0.3, -0.25) is 0 Å². The SMILES string of the molecule is CCNCc1cc(F)ccc1N(C)Cc1ccc(C)o1. The standard InChI is InChI=1S/C16H21FN2O/c1-4-18-10-13-9-14(17)6-8-16(13)19(3)11-15-7-5-12(2)20-15/h5-9,18H,4,10-11H2,1-3H3. The zero-order chi connectivity index (χ0) is 14.5. The Kier molecular flexibility index (Phi) is 4.79. The number of furan rings is 1. The number of benzene rings is 1. The van der Waals surface area contributed by atoms with Gasteiger partial charge in [0.25, 0.3) is 0 Å². The minimum atomic E-state index is -0.205. The molecule has 3 nitrogen and oxygen atoms in total. The van der Waals surface area contributed by atoms with Crippen molar-refractivity contribution in [1.29, 1.82) is 0 Å². The highest BCUT2D eigenvalue weighted by Crippen LogP contribution is 2.23. The molecule has 1 aromatic heterocycles. The molecule has 0 saturated heterocycles. The van der Waals surface area contributed by atoms with Crippen LogP contribution in [0.3, 0.4) is 0 Å². The third-order valence-electron chi connectivity index (χ3n) is 3.21. The molecule has 108 valence electrons. The molecule has 0 bridgehead atoms. The van der Waals surface area contributed by atoms with Crippen molar-refractivity contribution in [3.05, 3.63) is 53.2 Å². The summed E-state index contributed by atoms with van der Waals surface area (Å²) in [6.07, 6.45) is 0. The molecular weight excluding hydrogens is 255 g/mol. The fourth-order valence-corrected chi connectivity index (χ4v) is 2.22. The second-order valence-corrected chi connectivity index (χ2v) is 4.92. The van der Waals surface area contributed by atoms with Gasteiger partial charge in [0.1, 0.15) is 17.3 Å². The van der Waals surface area contributed by atoms with E-state index in [1.54, 1.807) is 6.07 Å². The summed E-state index contributed by atoms with van der Waals surface area (Å²) in [7, 11) is 1.99. The molecule has 1 heterocycles. The minimum absolute atomic E-state index is 0.205. The molecule has 2 rings (SSSR count). The van der Waals surface area contributed by atoms with E-state index in [2.05, 4.69) is 10.2 Å². The van der Waals surface area contributed by atoms with Gasteiger partial charge < -0.3 is 14.6 Å². The first-order chi connectivity index (χ1) is 9.60. The van der Waals surface area contributed by atoms with Crippen LogP contribution >= 0.6 is 0 Å². The number of hydrogen-bond acceptors (Lipinski definition) is 3. The van der Waals surface area contributed by atoms with Gasteiger partial charge in [0.05, 0.1) is 6.54 Å². The van der Waals surface area contributed by atoms with Gasteiger partial charge >= 0.3 is 0 Å². The molecule has 0 aliphatic rings. The molecule has 0 fully saturated rings. The van der Waals surface area contributed by atoms with Crippen molar-refractivity contribution in [1.82, 2.24) is 5.32 Å². The van der Waals surface area contributed by atoms with Crippen molar-refractivity contribution >= 4 is 5.69 Å². The topological polar surface area (TPSA) is 28.4 Å². The van der Waals surface area contributed by atoms with Crippen molar-refractivity contribution < 1.29 is 8.81 Å². The van der Waals surface area contributed by atoms with Crippen molar-refractivity contribution in [3.8, 4) is 0 Å². The highest BCUT2D eigenvalue weighted by Gasteiger charge is 2.10. The molecular formula is C16H21FN2O. The average molecular weight is 276 g/mol. The van der Waals surface area contributed by atoms with Crippen LogP contribution in [0.15, 0.2) is 34.7 Å². The Morgan fingerprint density at radius 3 is 2.70 bits per heavy atom. The molecule has 4 heteroatoms. The Morgan fingerprint density at radius 1 is 1.25 bits per heavy atom. The summed E-state index contributed by atoms with van der Waals surface area (Å²) >= 11 is 0. The summed E-state index contributed by atoms with van der Waals surface area (Å²) < 4.78 is 19.0. The highest BCUT2D eigenvalue weighted by atomic mass is 19.1. The first-order valence-corrected chi connectivity index (χ1v) is 6.85. The van der Waals surface area contributed by atoms with Gasteiger partial charge in [-0.2, -0.15) is 0 Å². The molecule has 0 aliphatic heterocycles. The summed E-state index contributed by atoms with van der Waals surface area (Å²) in [5, 5.41) is 3.24. The number of nitrogens with zero attached hydrogens (tertiary/aromatic N) is 1. The molecule has 0 atom stereocenters. The van der Waals surface area contributed by atoms with E-state index < -0.39 is 0 Å². The average Bonchev–Trinajstić information content (AvgIpc) is 2.81. The van der Waals surface area contributed by atoms with Crippen LogP contribution < -0.4 is 10.2 Å². The lowest BCUT2D eigenvalue weighted by Gasteiger charge is -2.21. The number of hydrogen-bond donors (Lipinski definition) is 1. The van der Waals surface area contributed by atoms with E-state index in [0.29, 0.717) is 13.1 Å². The van der Waals surface area contributed by atoms with Gasteiger partial charge in [-0.15, -0.1) is 0 Å². The van der Waals surface area contributed by atoms with Crippen LogP contribution in [-0.2, 0) is 13.1 Å². The number of aryl methyl sites for hydroxylation is 1. The minimum Gasteiger partial charge on any atom is -0.464 e. The maximum Gasteiger partial charge on any atom is 0.123 e. The number of rotatable bonds is 6. The van der Waals surface area contributed by atoms with Gasteiger partial charge in [-0.25, -0.2) is 4.39 Å². The molecule has 0 unspecified atom stereocenters. The Labute approximate surface area is 119 Å². The molecule has 1 aromatic carbocycles. The summed E-state index contributed by atoms with van der Waals surface area (Å²) in [5.41, 5.74) is 1.97. The molecule has 0 amide bonds. The van der Waals surface area contributed by atoms with Gasteiger partial charge in [0.2, 0.25) is 0 Å². The fourth-order valence-electron chi connectivity index (χ4n) is 2.22. The highest BCUT2D eigenvalue weighted by molar-refractivity contribution is 5.53. The molecule has 0 saturated carbocycles. The monoisotopic (exact) mass is 276 g/mol. The van der Waals surface area contributed by atoms with Crippen molar-refractivity contribution in [2.24, 2.45) is 0 Å². The lowest BCUT2D eigenvalue weighted by atomic mass is 10.1. The van der Waals surface area contributed by atoms with Crippen LogP contribution in [0, 0.1) is 12.7 Å². The summed E-state index contributed by atoms with van der Waals surface area (Å²) in [6, 6.07) is 8.82. The number of halogens is 1. The molecule has 0 radical (unpaired) electrons. The van der Waals surface area contributed by atoms with E-state index in [-0.39, 0.29) is 5.82 Å². The van der Waals surface area contributed by atoms with Crippen LogP contribution in [0.2, 0.25) is 0 Å². The maximum absolute atomic E-state index is 13.4. The fraction of sp³-hybridized carbons (Fsp3) is 0.375. The van der Waals surface area contributed by atoms with Crippen LogP contribution in [0.4, 0.5) is 10.1 Å². The van der Waals surface area contributed by atoms with Gasteiger partial charge in [0.15, 0.2) is 0 Å². The zero-order valence-corrected chi connectivity index (χ0v) is 12.2. The van der Waals surface area contributed by atoms with E-state index in [0.717, 1.165) is 29.3 Å². The first kappa shape index (κ1) is 14.6. The first-order valence-electron chi connectivity index (χ1n) is 6.85. The summed E-state index contributed by atoms with van der Waals surface area (Å²) in [6.45, 7) is 6.15.